The lowest BCUT2D eigenvalue weighted by Crippen LogP contribution is -2.35. The first kappa shape index (κ1) is 10.8. The van der Waals surface area contributed by atoms with E-state index in [0.717, 1.165) is 24.5 Å². The summed E-state index contributed by atoms with van der Waals surface area (Å²) in [6.45, 7) is 13.3. The van der Waals surface area contributed by atoms with E-state index < -0.39 is 0 Å². The molecule has 0 bridgehead atoms. The minimum atomic E-state index is 0.950. The lowest BCUT2D eigenvalue weighted by Gasteiger charge is -2.20. The fourth-order valence-electron chi connectivity index (χ4n) is 0.890. The lowest BCUT2D eigenvalue weighted by molar-refractivity contribution is 0.660. The van der Waals surface area contributed by atoms with Gasteiger partial charge in [0.2, 0.25) is 0 Å². The summed E-state index contributed by atoms with van der Waals surface area (Å²) in [6.07, 6.45) is 3.66. The van der Waals surface area contributed by atoms with E-state index in [1.807, 2.05) is 19.9 Å². The Morgan fingerprint density at radius 3 is 2.33 bits per heavy atom. The van der Waals surface area contributed by atoms with Crippen molar-refractivity contribution >= 4 is 0 Å². The zero-order valence-electron chi connectivity index (χ0n) is 7.98. The normalized spacial score (nSPS) is 18.5. The average molecular weight is 166 g/mol. The number of rotatable bonds is 1. The van der Waals surface area contributed by atoms with Gasteiger partial charge < -0.3 is 10.6 Å². The summed E-state index contributed by atoms with van der Waals surface area (Å²) in [5, 5.41) is 6.34. The number of hydrogen-bond donors (Lipinski definition) is 2. The summed E-state index contributed by atoms with van der Waals surface area (Å²) in [4.78, 5) is 0. The molecule has 0 atom stereocenters. The maximum absolute atomic E-state index is 3.82. The Hall–Kier alpha value is -1.18. The fourth-order valence-corrected chi connectivity index (χ4v) is 0.890. The summed E-state index contributed by atoms with van der Waals surface area (Å²) >= 11 is 0. The molecule has 0 aliphatic carbocycles. The van der Waals surface area contributed by atoms with Gasteiger partial charge >= 0.3 is 0 Å². The minimum Gasteiger partial charge on any atom is -0.382 e. The van der Waals surface area contributed by atoms with Crippen molar-refractivity contribution in [2.45, 2.75) is 13.8 Å². The van der Waals surface area contributed by atoms with E-state index in [0.29, 0.717) is 0 Å². The zero-order chi connectivity index (χ0) is 9.40. The minimum absolute atomic E-state index is 0.950. The lowest BCUT2D eigenvalue weighted by atomic mass is 10.2. The Balaban J connectivity index is 0.000000561. The van der Waals surface area contributed by atoms with Crippen molar-refractivity contribution in [3.63, 3.8) is 0 Å². The van der Waals surface area contributed by atoms with Crippen LogP contribution in [-0.4, -0.2) is 13.1 Å². The average Bonchev–Trinajstić information content (AvgIpc) is 2.13. The van der Waals surface area contributed by atoms with Crippen molar-refractivity contribution in [2.75, 3.05) is 13.1 Å². The third-order valence-electron chi connectivity index (χ3n) is 1.39. The summed E-state index contributed by atoms with van der Waals surface area (Å²) < 4.78 is 0. The van der Waals surface area contributed by atoms with E-state index in [4.69, 9.17) is 0 Å². The topological polar surface area (TPSA) is 24.1 Å². The second-order valence-corrected chi connectivity index (χ2v) is 2.15. The van der Waals surface area contributed by atoms with Gasteiger partial charge in [-0.05, 0) is 6.08 Å². The summed E-state index contributed by atoms with van der Waals surface area (Å²) in [5.74, 6) is 0. The smallest absolute Gasteiger partial charge is 0.0570 e. The molecule has 0 aromatic rings. The molecule has 1 fully saturated rings. The molecule has 0 aromatic carbocycles. The molecule has 1 heterocycles. The van der Waals surface area contributed by atoms with Crippen LogP contribution in [0.25, 0.3) is 0 Å². The second kappa shape index (κ2) is 6.53. The van der Waals surface area contributed by atoms with E-state index in [1.54, 1.807) is 6.08 Å². The van der Waals surface area contributed by atoms with Crippen molar-refractivity contribution in [1.29, 1.82) is 0 Å². The van der Waals surface area contributed by atoms with Crippen LogP contribution < -0.4 is 10.6 Å². The first-order chi connectivity index (χ1) is 5.84. The first-order valence-corrected chi connectivity index (χ1v) is 4.34. The van der Waals surface area contributed by atoms with Crippen LogP contribution in [0.3, 0.4) is 0 Å². The Labute approximate surface area is 75.1 Å². The molecule has 2 N–H and O–H groups in total. The highest BCUT2D eigenvalue weighted by Crippen LogP contribution is 2.02. The zero-order valence-corrected chi connectivity index (χ0v) is 7.98. The maximum Gasteiger partial charge on any atom is 0.0570 e. The van der Waals surface area contributed by atoms with Crippen LogP contribution in [0.5, 0.6) is 0 Å². The van der Waals surface area contributed by atoms with E-state index in [2.05, 4.69) is 23.8 Å². The predicted molar refractivity (Wildman–Crippen MR) is 54.8 cm³/mol. The molecule has 2 nitrogen and oxygen atoms in total. The quantitative estimate of drug-likeness (QED) is 0.620. The molecule has 0 spiro atoms. The molecule has 0 aromatic heterocycles. The summed E-state index contributed by atoms with van der Waals surface area (Å²) in [5.41, 5.74) is 1.99. The SMILES string of the molecule is C=C/C=C1/NCCNC1=C.CC. The highest BCUT2D eigenvalue weighted by atomic mass is 15.0. The molecule has 68 valence electrons. The van der Waals surface area contributed by atoms with Crippen LogP contribution >= 0.6 is 0 Å². The van der Waals surface area contributed by atoms with Crippen LogP contribution in [-0.2, 0) is 0 Å². The van der Waals surface area contributed by atoms with E-state index in [1.165, 1.54) is 0 Å². The van der Waals surface area contributed by atoms with Gasteiger partial charge in [-0.1, -0.05) is 33.1 Å². The van der Waals surface area contributed by atoms with Gasteiger partial charge in [0.25, 0.3) is 0 Å². The van der Waals surface area contributed by atoms with Crippen molar-refractivity contribution in [1.82, 2.24) is 10.6 Å². The first-order valence-electron chi connectivity index (χ1n) is 4.34. The summed E-state index contributed by atoms with van der Waals surface area (Å²) in [6, 6.07) is 0. The van der Waals surface area contributed by atoms with Crippen LogP contribution in [0.2, 0.25) is 0 Å². The molecule has 2 heteroatoms. The number of piperazine rings is 1. The van der Waals surface area contributed by atoms with Crippen LogP contribution in [0.4, 0.5) is 0 Å². The molecule has 0 amide bonds. The molecule has 0 saturated carbocycles. The van der Waals surface area contributed by atoms with Crippen molar-refractivity contribution in [3.8, 4) is 0 Å². The van der Waals surface area contributed by atoms with Gasteiger partial charge in [-0.2, -0.15) is 0 Å². The number of nitrogens with one attached hydrogen (secondary N) is 2. The van der Waals surface area contributed by atoms with E-state index in [9.17, 15) is 0 Å². The summed E-state index contributed by atoms with van der Waals surface area (Å²) in [7, 11) is 0. The molecule has 1 rings (SSSR count). The Kier molecular flexibility index (Phi) is 5.88. The van der Waals surface area contributed by atoms with Crippen LogP contribution in [0.1, 0.15) is 13.8 Å². The fraction of sp³-hybridized carbons (Fsp3) is 0.400. The maximum atomic E-state index is 3.82. The van der Waals surface area contributed by atoms with Gasteiger partial charge in [-0.15, -0.1) is 0 Å². The molecule has 0 unspecified atom stereocenters. The highest BCUT2D eigenvalue weighted by Gasteiger charge is 2.04. The largest absolute Gasteiger partial charge is 0.382 e. The van der Waals surface area contributed by atoms with Crippen molar-refractivity contribution in [3.05, 3.63) is 36.7 Å². The van der Waals surface area contributed by atoms with E-state index >= 15 is 0 Å². The number of hydrogen-bond acceptors (Lipinski definition) is 2. The third-order valence-corrected chi connectivity index (χ3v) is 1.39. The van der Waals surface area contributed by atoms with E-state index in [-0.39, 0.29) is 0 Å². The molecule has 1 aliphatic rings. The van der Waals surface area contributed by atoms with Crippen LogP contribution in [0.15, 0.2) is 36.7 Å². The third kappa shape index (κ3) is 3.28. The molecule has 12 heavy (non-hydrogen) atoms. The van der Waals surface area contributed by atoms with Gasteiger partial charge in [0, 0.05) is 13.1 Å². The second-order valence-electron chi connectivity index (χ2n) is 2.15. The molecule has 1 aliphatic heterocycles. The Morgan fingerprint density at radius 2 is 1.83 bits per heavy atom. The van der Waals surface area contributed by atoms with Gasteiger partial charge in [0.15, 0.2) is 0 Å². The standard InChI is InChI=1S/C8H12N2.C2H6/c1-3-4-8-7(2)9-5-6-10-8;1-2/h3-4,9-10H,1-2,5-6H2;1-2H3/b8-4+;. The highest BCUT2D eigenvalue weighted by molar-refractivity contribution is 5.29. The Morgan fingerprint density at radius 1 is 1.25 bits per heavy atom. The van der Waals surface area contributed by atoms with Gasteiger partial charge in [0.05, 0.1) is 11.4 Å². The van der Waals surface area contributed by atoms with Crippen LogP contribution in [0, 0.1) is 0 Å². The molecule has 0 radical (unpaired) electrons. The van der Waals surface area contributed by atoms with Gasteiger partial charge in [-0.3, -0.25) is 0 Å². The predicted octanol–water partition coefficient (Wildman–Crippen LogP) is 1.79. The van der Waals surface area contributed by atoms with Gasteiger partial charge in [0.1, 0.15) is 0 Å². The monoisotopic (exact) mass is 166 g/mol. The molecule has 1 saturated heterocycles. The number of allylic oxidation sites excluding steroid dienone is 2. The van der Waals surface area contributed by atoms with Gasteiger partial charge in [-0.25, -0.2) is 0 Å². The molecular weight excluding hydrogens is 148 g/mol. The Bertz CT molecular complexity index is 180. The van der Waals surface area contributed by atoms with Crippen molar-refractivity contribution in [2.24, 2.45) is 0 Å². The van der Waals surface area contributed by atoms with Crippen molar-refractivity contribution < 1.29 is 0 Å². The molecular formula is C10H18N2.